The van der Waals surface area contributed by atoms with Crippen LogP contribution < -0.4 is 10.6 Å². The van der Waals surface area contributed by atoms with Gasteiger partial charge in [-0.1, -0.05) is 0 Å². The summed E-state index contributed by atoms with van der Waals surface area (Å²) in [7, 11) is 0. The predicted octanol–water partition coefficient (Wildman–Crippen LogP) is 1.73. The molecule has 0 aliphatic carbocycles. The van der Waals surface area contributed by atoms with Crippen molar-refractivity contribution in [2.24, 2.45) is 0 Å². The van der Waals surface area contributed by atoms with E-state index in [2.05, 4.69) is 10.6 Å². The Hall–Kier alpha value is -3.42. The van der Waals surface area contributed by atoms with Crippen molar-refractivity contribution in [3.05, 3.63) is 60.3 Å². The molecule has 0 radical (unpaired) electrons. The normalized spacial score (nSPS) is 10.4. The Morgan fingerprint density at radius 3 is 2.56 bits per heavy atom. The van der Waals surface area contributed by atoms with Crippen molar-refractivity contribution in [2.75, 3.05) is 18.5 Å². The zero-order chi connectivity index (χ0) is 18.1. The summed E-state index contributed by atoms with van der Waals surface area (Å²) in [6.45, 7) is -0.832. The minimum absolute atomic E-state index is 0.310. The first-order valence-corrected chi connectivity index (χ1v) is 7.23. The van der Waals surface area contributed by atoms with Gasteiger partial charge in [0.15, 0.2) is 6.61 Å². The second kappa shape index (κ2) is 9.02. The van der Waals surface area contributed by atoms with Crippen molar-refractivity contribution in [3.8, 4) is 0 Å². The van der Waals surface area contributed by atoms with Crippen molar-refractivity contribution in [2.45, 2.75) is 0 Å². The van der Waals surface area contributed by atoms with Crippen LogP contribution in [0.25, 0.3) is 6.08 Å². The van der Waals surface area contributed by atoms with Crippen LogP contribution in [0, 0.1) is 5.82 Å². The van der Waals surface area contributed by atoms with Gasteiger partial charge in [0.05, 0.1) is 12.8 Å². The van der Waals surface area contributed by atoms with Gasteiger partial charge in [-0.25, -0.2) is 9.18 Å². The van der Waals surface area contributed by atoms with Crippen LogP contribution in [-0.4, -0.2) is 30.9 Å². The van der Waals surface area contributed by atoms with Gasteiger partial charge in [0.25, 0.3) is 5.91 Å². The van der Waals surface area contributed by atoms with Gasteiger partial charge >= 0.3 is 5.97 Å². The Balaban J connectivity index is 1.65. The third kappa shape index (κ3) is 6.69. The van der Waals surface area contributed by atoms with Crippen LogP contribution >= 0.6 is 0 Å². The van der Waals surface area contributed by atoms with E-state index < -0.39 is 30.2 Å². The SMILES string of the molecule is O=C(COC(=O)/C=C/c1ccco1)NCC(=O)Nc1ccc(F)cc1. The van der Waals surface area contributed by atoms with E-state index in [9.17, 15) is 18.8 Å². The maximum atomic E-state index is 12.7. The molecule has 130 valence electrons. The van der Waals surface area contributed by atoms with Gasteiger partial charge in [-0.3, -0.25) is 9.59 Å². The molecule has 0 fully saturated rings. The van der Waals surface area contributed by atoms with Crippen LogP contribution in [0.3, 0.4) is 0 Å². The van der Waals surface area contributed by atoms with Crippen LogP contribution in [0.5, 0.6) is 0 Å². The monoisotopic (exact) mass is 346 g/mol. The summed E-state index contributed by atoms with van der Waals surface area (Å²) >= 11 is 0. The Bertz CT molecular complexity index is 754. The summed E-state index contributed by atoms with van der Waals surface area (Å²) in [5, 5.41) is 4.77. The summed E-state index contributed by atoms with van der Waals surface area (Å²) in [5.74, 6) is -1.80. The number of esters is 1. The highest BCUT2D eigenvalue weighted by atomic mass is 19.1. The number of amides is 2. The number of halogens is 1. The number of nitrogens with one attached hydrogen (secondary N) is 2. The molecule has 0 spiro atoms. The predicted molar refractivity (Wildman–Crippen MR) is 86.7 cm³/mol. The molecule has 2 rings (SSSR count). The third-order valence-electron chi connectivity index (χ3n) is 2.85. The van der Waals surface area contributed by atoms with Gasteiger partial charge in [0.2, 0.25) is 5.91 Å². The molecule has 0 atom stereocenters. The molecule has 0 aliphatic rings. The molecule has 1 heterocycles. The van der Waals surface area contributed by atoms with Gasteiger partial charge in [-0.05, 0) is 42.5 Å². The van der Waals surface area contributed by atoms with Gasteiger partial charge in [0, 0.05) is 11.8 Å². The molecule has 8 heteroatoms. The summed E-state index contributed by atoms with van der Waals surface area (Å²) in [4.78, 5) is 34.6. The molecule has 2 N–H and O–H groups in total. The minimum atomic E-state index is -0.720. The van der Waals surface area contributed by atoms with Crippen LogP contribution in [0.2, 0.25) is 0 Å². The fourth-order valence-corrected chi connectivity index (χ4v) is 1.69. The van der Waals surface area contributed by atoms with Gasteiger partial charge in [-0.2, -0.15) is 0 Å². The molecular formula is C17H15FN2O5. The number of carbonyl (C=O) groups is 3. The van der Waals surface area contributed by atoms with Gasteiger partial charge < -0.3 is 19.8 Å². The van der Waals surface area contributed by atoms with Crippen molar-refractivity contribution < 1.29 is 27.9 Å². The summed E-state index contributed by atoms with van der Waals surface area (Å²) in [6.07, 6.45) is 3.97. The largest absolute Gasteiger partial charge is 0.465 e. The van der Waals surface area contributed by atoms with Crippen LogP contribution in [0.4, 0.5) is 10.1 Å². The van der Waals surface area contributed by atoms with E-state index in [0.29, 0.717) is 11.4 Å². The molecule has 1 aromatic heterocycles. The molecule has 0 aliphatic heterocycles. The molecule has 0 saturated carbocycles. The molecular weight excluding hydrogens is 331 g/mol. The van der Waals surface area contributed by atoms with Crippen LogP contribution in [0.1, 0.15) is 5.76 Å². The van der Waals surface area contributed by atoms with E-state index in [0.717, 1.165) is 6.08 Å². The number of hydrogen-bond acceptors (Lipinski definition) is 5. The Labute approximate surface area is 142 Å². The Morgan fingerprint density at radius 2 is 1.88 bits per heavy atom. The number of rotatable bonds is 7. The highest BCUT2D eigenvalue weighted by molar-refractivity contribution is 5.95. The van der Waals surface area contributed by atoms with Crippen molar-refractivity contribution in [3.63, 3.8) is 0 Å². The molecule has 7 nitrogen and oxygen atoms in total. The maximum absolute atomic E-state index is 12.7. The lowest BCUT2D eigenvalue weighted by Crippen LogP contribution is -2.35. The lowest BCUT2D eigenvalue weighted by atomic mass is 10.3. The van der Waals surface area contributed by atoms with E-state index in [1.165, 1.54) is 36.6 Å². The zero-order valence-electron chi connectivity index (χ0n) is 13.0. The lowest BCUT2D eigenvalue weighted by Gasteiger charge is -2.07. The third-order valence-corrected chi connectivity index (χ3v) is 2.85. The molecule has 0 saturated heterocycles. The average Bonchev–Trinajstić information content (AvgIpc) is 3.12. The number of hydrogen-bond donors (Lipinski definition) is 2. The standard InChI is InChI=1S/C17H15FN2O5/c18-12-3-5-13(6-4-12)20-15(21)10-19-16(22)11-25-17(23)8-7-14-2-1-9-24-14/h1-9H,10-11H2,(H,19,22)(H,20,21)/b8-7+. The number of anilines is 1. The molecule has 1 aromatic carbocycles. The minimum Gasteiger partial charge on any atom is -0.465 e. The first kappa shape index (κ1) is 17.9. The van der Waals surface area contributed by atoms with Crippen molar-refractivity contribution in [1.29, 1.82) is 0 Å². The maximum Gasteiger partial charge on any atom is 0.331 e. The molecule has 0 bridgehead atoms. The highest BCUT2D eigenvalue weighted by Crippen LogP contribution is 2.07. The fourth-order valence-electron chi connectivity index (χ4n) is 1.69. The van der Waals surface area contributed by atoms with Crippen molar-refractivity contribution in [1.82, 2.24) is 5.32 Å². The average molecular weight is 346 g/mol. The van der Waals surface area contributed by atoms with E-state index in [1.54, 1.807) is 12.1 Å². The van der Waals surface area contributed by atoms with Gasteiger partial charge in [-0.15, -0.1) is 0 Å². The lowest BCUT2D eigenvalue weighted by molar-refractivity contribution is -0.143. The van der Waals surface area contributed by atoms with E-state index in [1.807, 2.05) is 0 Å². The highest BCUT2D eigenvalue weighted by Gasteiger charge is 2.08. The fraction of sp³-hybridized carbons (Fsp3) is 0.118. The topological polar surface area (TPSA) is 97.6 Å². The quantitative estimate of drug-likeness (QED) is 0.588. The van der Waals surface area contributed by atoms with Crippen LogP contribution in [-0.2, 0) is 19.1 Å². The van der Waals surface area contributed by atoms with E-state index in [-0.39, 0.29) is 6.54 Å². The van der Waals surface area contributed by atoms with Crippen LogP contribution in [0.15, 0.2) is 53.2 Å². The first-order chi connectivity index (χ1) is 12.0. The Kier molecular flexibility index (Phi) is 6.47. The van der Waals surface area contributed by atoms with Gasteiger partial charge in [0.1, 0.15) is 11.6 Å². The van der Waals surface area contributed by atoms with Crippen molar-refractivity contribution >= 4 is 29.5 Å². The van der Waals surface area contributed by atoms with E-state index >= 15 is 0 Å². The molecule has 25 heavy (non-hydrogen) atoms. The zero-order valence-corrected chi connectivity index (χ0v) is 13.0. The Morgan fingerprint density at radius 1 is 1.12 bits per heavy atom. The smallest absolute Gasteiger partial charge is 0.331 e. The number of benzene rings is 1. The second-order valence-corrected chi connectivity index (χ2v) is 4.79. The number of carbonyl (C=O) groups excluding carboxylic acids is 3. The number of furan rings is 1. The summed E-state index contributed by atoms with van der Waals surface area (Å²) < 4.78 is 22.4. The van der Waals surface area contributed by atoms with E-state index in [4.69, 9.17) is 9.15 Å². The molecule has 2 aromatic rings. The summed E-state index contributed by atoms with van der Waals surface area (Å²) in [5.41, 5.74) is 0.398. The first-order valence-electron chi connectivity index (χ1n) is 7.23. The molecule has 2 amide bonds. The number of ether oxygens (including phenoxy) is 1. The second-order valence-electron chi connectivity index (χ2n) is 4.79. The summed E-state index contributed by atoms with van der Waals surface area (Å²) in [6, 6.07) is 8.49. The molecule has 0 unspecified atom stereocenters.